The zero-order chi connectivity index (χ0) is 41.1. The predicted octanol–water partition coefficient (Wildman–Crippen LogP) is 16.6. The van der Waals surface area contributed by atoms with E-state index in [0.717, 1.165) is 16.8 Å². The molecule has 1 aliphatic rings. The van der Waals surface area contributed by atoms with Crippen molar-refractivity contribution in [1.82, 2.24) is 0 Å². The van der Waals surface area contributed by atoms with Crippen molar-refractivity contribution in [3.63, 3.8) is 0 Å². The second kappa shape index (κ2) is 14.8. The van der Waals surface area contributed by atoms with Gasteiger partial charge in [-0.05, 0) is 96.2 Å². The molecule has 1 atom stereocenters. The first-order valence-electron chi connectivity index (χ1n) is 21.3. The van der Waals surface area contributed by atoms with Crippen molar-refractivity contribution in [3.8, 4) is 55.6 Å². The molecule has 3 heteroatoms. The van der Waals surface area contributed by atoms with Crippen LogP contribution in [0, 0.1) is 0 Å². The Labute approximate surface area is 365 Å². The molecule has 0 fully saturated rings. The summed E-state index contributed by atoms with van der Waals surface area (Å²) >= 11 is 1.88. The molecule has 62 heavy (non-hydrogen) atoms. The number of anilines is 1. The number of benzene rings is 10. The number of fused-ring (bicyclic) bond motifs is 9. The molecule has 0 spiro atoms. The largest absolute Gasteiger partial charge is 0.360 e. The molecule has 0 bridgehead atoms. The number of aliphatic imine (C=N–C) groups is 1. The first kappa shape index (κ1) is 36.3. The maximum atomic E-state index is 5.29. The van der Waals surface area contributed by atoms with Crippen molar-refractivity contribution in [2.24, 2.45) is 4.99 Å². The minimum atomic E-state index is -0.0308. The van der Waals surface area contributed by atoms with Gasteiger partial charge in [-0.25, -0.2) is 0 Å². The van der Waals surface area contributed by atoms with E-state index < -0.39 is 0 Å². The van der Waals surface area contributed by atoms with E-state index in [0.29, 0.717) is 0 Å². The van der Waals surface area contributed by atoms with Crippen LogP contribution in [0.15, 0.2) is 217 Å². The minimum absolute atomic E-state index is 0.0308. The predicted molar refractivity (Wildman–Crippen MR) is 267 cm³/mol. The van der Waals surface area contributed by atoms with Crippen LogP contribution in [0.2, 0.25) is 0 Å². The second-order valence-electron chi connectivity index (χ2n) is 16.3. The van der Waals surface area contributed by atoms with E-state index >= 15 is 0 Å². The summed E-state index contributed by atoms with van der Waals surface area (Å²) < 4.78 is 2.68. The van der Waals surface area contributed by atoms with Crippen LogP contribution in [0.25, 0.3) is 97.4 Å². The summed E-state index contributed by atoms with van der Waals surface area (Å²) in [7, 11) is 2.22. The Morgan fingerprint density at radius 3 is 1.58 bits per heavy atom. The maximum Gasteiger partial charge on any atom is 0.0945 e. The normalized spacial score (nSPS) is 13.6. The fourth-order valence-corrected chi connectivity index (χ4v) is 10.8. The lowest BCUT2D eigenvalue weighted by Gasteiger charge is -2.34. The van der Waals surface area contributed by atoms with Gasteiger partial charge in [0.05, 0.1) is 17.4 Å². The molecule has 1 unspecified atom stereocenters. The van der Waals surface area contributed by atoms with E-state index in [2.05, 4.69) is 230 Å². The summed E-state index contributed by atoms with van der Waals surface area (Å²) in [6.45, 7) is 0. The van der Waals surface area contributed by atoms with Gasteiger partial charge < -0.3 is 4.90 Å². The third kappa shape index (κ3) is 6.12. The van der Waals surface area contributed by atoms with Gasteiger partial charge in [-0.3, -0.25) is 4.99 Å². The zero-order valence-corrected chi connectivity index (χ0v) is 35.0. The Morgan fingerprint density at radius 1 is 0.387 bits per heavy atom. The molecule has 0 N–H and O–H groups in total. The molecule has 12 rings (SSSR count). The SMILES string of the molecule is CN1c2c(c3ccc(-c4ccccc4)cc3c3cc(-c4ccccc4)ccc23)N=CC1c1cccc(-c2ccc(-c3ccc(-c4cccc5c4sc4ccccc45)cc3)cc2)c1. The van der Waals surface area contributed by atoms with Gasteiger partial charge in [-0.2, -0.15) is 0 Å². The van der Waals surface area contributed by atoms with Gasteiger partial charge in [0.1, 0.15) is 0 Å². The van der Waals surface area contributed by atoms with Crippen molar-refractivity contribution < 1.29 is 0 Å². The van der Waals surface area contributed by atoms with Crippen molar-refractivity contribution in [2.75, 3.05) is 11.9 Å². The van der Waals surface area contributed by atoms with Crippen molar-refractivity contribution >= 4 is 70.6 Å². The Kier molecular flexibility index (Phi) is 8.69. The summed E-state index contributed by atoms with van der Waals surface area (Å²) in [4.78, 5) is 7.72. The fraction of sp³-hybridized carbons (Fsp3) is 0.0339. The molecule has 11 aromatic rings. The van der Waals surface area contributed by atoms with Crippen LogP contribution in [0.4, 0.5) is 11.4 Å². The highest BCUT2D eigenvalue weighted by Gasteiger charge is 2.27. The van der Waals surface area contributed by atoms with Gasteiger partial charge in [-0.1, -0.05) is 188 Å². The summed E-state index contributed by atoms with van der Waals surface area (Å²) in [5, 5.41) is 7.48. The number of nitrogens with zero attached hydrogens (tertiary/aromatic N) is 2. The Hall–Kier alpha value is -7.59. The van der Waals surface area contributed by atoms with Gasteiger partial charge >= 0.3 is 0 Å². The molecular formula is C59H40N2S. The van der Waals surface area contributed by atoms with Crippen LogP contribution in [0.3, 0.4) is 0 Å². The third-order valence-electron chi connectivity index (χ3n) is 12.8. The molecule has 2 nitrogen and oxygen atoms in total. The molecule has 1 aliphatic heterocycles. The molecule has 1 aromatic heterocycles. The molecule has 292 valence electrons. The van der Waals surface area contributed by atoms with Crippen LogP contribution in [0.5, 0.6) is 0 Å². The molecule has 0 saturated carbocycles. The van der Waals surface area contributed by atoms with Crippen molar-refractivity contribution in [1.29, 1.82) is 0 Å². The Bertz CT molecular complexity index is 3510. The van der Waals surface area contributed by atoms with Crippen LogP contribution in [0.1, 0.15) is 11.6 Å². The van der Waals surface area contributed by atoms with Crippen molar-refractivity contribution in [2.45, 2.75) is 6.04 Å². The smallest absolute Gasteiger partial charge is 0.0945 e. The van der Waals surface area contributed by atoms with E-state index in [-0.39, 0.29) is 6.04 Å². The molecule has 2 heterocycles. The highest BCUT2D eigenvalue weighted by Crippen LogP contribution is 2.49. The maximum absolute atomic E-state index is 5.29. The van der Waals surface area contributed by atoms with E-state index in [9.17, 15) is 0 Å². The quantitative estimate of drug-likeness (QED) is 0.153. The summed E-state index contributed by atoms with van der Waals surface area (Å²) in [5.74, 6) is 0. The number of hydrogen-bond donors (Lipinski definition) is 0. The number of rotatable bonds is 6. The molecule has 0 amide bonds. The Morgan fingerprint density at radius 2 is 0.887 bits per heavy atom. The minimum Gasteiger partial charge on any atom is -0.360 e. The van der Waals surface area contributed by atoms with Gasteiger partial charge in [-0.15, -0.1) is 11.3 Å². The topological polar surface area (TPSA) is 15.6 Å². The van der Waals surface area contributed by atoms with Gasteiger partial charge in [0.15, 0.2) is 0 Å². The van der Waals surface area contributed by atoms with Gasteiger partial charge in [0, 0.05) is 44.2 Å². The molecule has 0 aliphatic carbocycles. The van der Waals surface area contributed by atoms with Crippen LogP contribution in [-0.4, -0.2) is 13.3 Å². The van der Waals surface area contributed by atoms with Crippen LogP contribution in [-0.2, 0) is 0 Å². The molecular weight excluding hydrogens is 769 g/mol. The van der Waals surface area contributed by atoms with E-state index in [1.165, 1.54) is 97.5 Å². The van der Waals surface area contributed by atoms with Crippen molar-refractivity contribution in [3.05, 3.63) is 218 Å². The lowest BCUT2D eigenvalue weighted by molar-refractivity contribution is 0.857. The first-order chi connectivity index (χ1) is 30.6. The number of hydrogen-bond acceptors (Lipinski definition) is 3. The zero-order valence-electron chi connectivity index (χ0n) is 34.2. The summed E-state index contributed by atoms with van der Waals surface area (Å²) in [5.41, 5.74) is 15.6. The van der Waals surface area contributed by atoms with Gasteiger partial charge in [0.25, 0.3) is 0 Å². The highest BCUT2D eigenvalue weighted by atomic mass is 32.1. The average molecular weight is 809 g/mol. The summed E-state index contributed by atoms with van der Waals surface area (Å²) in [6, 6.07) is 77.5. The monoisotopic (exact) mass is 808 g/mol. The Balaban J connectivity index is 0.866. The van der Waals surface area contributed by atoms with E-state index in [1.807, 2.05) is 11.3 Å². The molecule has 10 aromatic carbocycles. The van der Waals surface area contributed by atoms with Crippen LogP contribution < -0.4 is 4.90 Å². The number of thiophene rings is 1. The fourth-order valence-electron chi connectivity index (χ4n) is 9.58. The van der Waals surface area contributed by atoms with E-state index in [1.54, 1.807) is 0 Å². The standard InChI is InChI=1S/C59H40N2S/c1-61-55(37-60-57-50-32-30-45(38-12-4-2-5-13-38)35-53(50)54-36-46(31-33-51(54)58(57)61)39-14-6-3-7-15-39)47-17-10-16-44(34-47)42-24-22-40(23-25-42)41-26-28-43(29-27-41)48-19-11-20-52-49-18-8-9-21-56(49)62-59(48)52/h2-37,55H,1H3. The highest BCUT2D eigenvalue weighted by molar-refractivity contribution is 7.26. The average Bonchev–Trinajstić information content (AvgIpc) is 3.74. The van der Waals surface area contributed by atoms with Gasteiger partial charge in [0.2, 0.25) is 0 Å². The first-order valence-corrected chi connectivity index (χ1v) is 22.1. The molecule has 0 saturated heterocycles. The third-order valence-corrected chi connectivity index (χ3v) is 14.0. The summed E-state index contributed by atoms with van der Waals surface area (Å²) in [6.07, 6.45) is 2.13. The van der Waals surface area contributed by atoms with E-state index in [4.69, 9.17) is 4.99 Å². The molecule has 0 radical (unpaired) electrons. The second-order valence-corrected chi connectivity index (χ2v) is 17.4. The lowest BCUT2D eigenvalue weighted by Crippen LogP contribution is -2.28. The lowest BCUT2D eigenvalue weighted by atomic mass is 9.90. The van der Waals surface area contributed by atoms with Crippen LogP contribution >= 0.6 is 11.3 Å².